The van der Waals surface area contributed by atoms with Crippen molar-refractivity contribution in [2.75, 3.05) is 0 Å². The Kier molecular flexibility index (Phi) is 7.33. The summed E-state index contributed by atoms with van der Waals surface area (Å²) in [5.41, 5.74) is 11.6. The first-order chi connectivity index (χ1) is 17.1. The molecule has 0 saturated carbocycles. The zero-order chi connectivity index (χ0) is 24.3. The second kappa shape index (κ2) is 10.5. The molecule has 0 fully saturated rings. The summed E-state index contributed by atoms with van der Waals surface area (Å²) >= 11 is -2.81. The van der Waals surface area contributed by atoms with Crippen LogP contribution in [0.1, 0.15) is 69.6 Å². The Morgan fingerprint density at radius 3 is 1.49 bits per heavy atom. The summed E-state index contributed by atoms with van der Waals surface area (Å²) in [7, 11) is 0. The van der Waals surface area contributed by atoms with Crippen molar-refractivity contribution in [1.29, 1.82) is 0 Å². The van der Waals surface area contributed by atoms with Crippen LogP contribution in [0, 0.1) is 0 Å². The molecule has 0 saturated heterocycles. The molecule has 0 aromatic heterocycles. The summed E-state index contributed by atoms with van der Waals surface area (Å²) in [6.45, 7) is 7.49. The monoisotopic (exact) mass is 496 g/mol. The van der Waals surface area contributed by atoms with Crippen molar-refractivity contribution < 1.29 is 16.6 Å². The van der Waals surface area contributed by atoms with E-state index in [9.17, 15) is 0 Å². The molecule has 0 spiro atoms. The fourth-order valence-corrected chi connectivity index (χ4v) is 18.6. The van der Waals surface area contributed by atoms with Crippen molar-refractivity contribution >= 4 is 0 Å². The second-order valence-electron chi connectivity index (χ2n) is 10.9. The van der Waals surface area contributed by atoms with Gasteiger partial charge in [0.15, 0.2) is 0 Å². The van der Waals surface area contributed by atoms with Gasteiger partial charge >= 0.3 is 217 Å². The van der Waals surface area contributed by atoms with Crippen LogP contribution < -0.4 is 0 Å². The second-order valence-corrected chi connectivity index (χ2v) is 17.9. The Morgan fingerprint density at radius 1 is 0.629 bits per heavy atom. The van der Waals surface area contributed by atoms with E-state index in [1.807, 2.05) is 5.57 Å². The first-order valence-electron chi connectivity index (χ1n) is 13.6. The van der Waals surface area contributed by atoms with Gasteiger partial charge in [-0.15, -0.1) is 0 Å². The average molecular weight is 497 g/mol. The zero-order valence-corrected chi connectivity index (χ0v) is 23.4. The summed E-state index contributed by atoms with van der Waals surface area (Å²) < 4.78 is 4.11. The molecule has 0 heterocycles. The molecule has 1 unspecified atom stereocenters. The van der Waals surface area contributed by atoms with Crippen molar-refractivity contribution in [1.82, 2.24) is 0 Å². The normalized spacial score (nSPS) is 20.3. The van der Waals surface area contributed by atoms with Gasteiger partial charge in [-0.25, -0.2) is 0 Å². The quantitative estimate of drug-likeness (QED) is 0.272. The van der Waals surface area contributed by atoms with Gasteiger partial charge in [0.2, 0.25) is 0 Å². The van der Waals surface area contributed by atoms with Gasteiger partial charge in [0.25, 0.3) is 0 Å². The van der Waals surface area contributed by atoms with E-state index in [4.69, 9.17) is 0 Å². The SMILES string of the molecule is CC[C]1([Ti]([CH2]c2ccccc2)([CH2]c2ccccc2)[CH2]c2ccccc2)C(C)=C(C)C2=C1CCCC2. The molecule has 0 aliphatic heterocycles. The molecule has 1 heteroatoms. The van der Waals surface area contributed by atoms with Crippen LogP contribution in [0.5, 0.6) is 0 Å². The van der Waals surface area contributed by atoms with Gasteiger partial charge in [0.05, 0.1) is 0 Å². The fraction of sp³-hybridized carbons (Fsp3) is 0.353. The predicted octanol–water partition coefficient (Wildman–Crippen LogP) is 9.53. The molecule has 2 aliphatic carbocycles. The Hall–Kier alpha value is -2.15. The topological polar surface area (TPSA) is 0 Å². The first-order valence-corrected chi connectivity index (χ1v) is 17.7. The van der Waals surface area contributed by atoms with Gasteiger partial charge in [-0.3, -0.25) is 0 Å². The molecule has 0 radical (unpaired) electrons. The molecule has 3 aromatic carbocycles. The van der Waals surface area contributed by atoms with Gasteiger partial charge in [0.1, 0.15) is 0 Å². The minimum absolute atomic E-state index is 0.279. The van der Waals surface area contributed by atoms with Crippen molar-refractivity contribution in [2.24, 2.45) is 0 Å². The summed E-state index contributed by atoms with van der Waals surface area (Å²) in [5.74, 6) is 0. The summed E-state index contributed by atoms with van der Waals surface area (Å²) in [4.78, 5) is 0. The molecule has 180 valence electrons. The molecule has 0 N–H and O–H groups in total. The van der Waals surface area contributed by atoms with Crippen LogP contribution in [0.25, 0.3) is 0 Å². The minimum atomic E-state index is -2.81. The van der Waals surface area contributed by atoms with Gasteiger partial charge in [-0.2, -0.15) is 0 Å². The van der Waals surface area contributed by atoms with Crippen molar-refractivity contribution in [3.63, 3.8) is 0 Å². The summed E-state index contributed by atoms with van der Waals surface area (Å²) in [5, 5.41) is 0. The molecule has 3 aromatic rings. The third kappa shape index (κ3) is 4.45. The van der Waals surface area contributed by atoms with Gasteiger partial charge in [-0.1, -0.05) is 0 Å². The number of hydrogen-bond donors (Lipinski definition) is 0. The summed E-state index contributed by atoms with van der Waals surface area (Å²) in [6, 6.07) is 34.4. The maximum atomic E-state index is 2.53. The molecule has 2 aliphatic rings. The Labute approximate surface area is 216 Å². The van der Waals surface area contributed by atoms with E-state index in [-0.39, 0.29) is 3.72 Å². The van der Waals surface area contributed by atoms with Crippen LogP contribution in [0.15, 0.2) is 113 Å². The van der Waals surface area contributed by atoms with Gasteiger partial charge in [-0.05, 0) is 0 Å². The van der Waals surface area contributed by atoms with Crippen LogP contribution in [-0.4, -0.2) is 0 Å². The number of benzene rings is 3. The molecule has 0 amide bonds. The zero-order valence-electron chi connectivity index (χ0n) is 21.8. The predicted molar refractivity (Wildman–Crippen MR) is 147 cm³/mol. The van der Waals surface area contributed by atoms with E-state index in [2.05, 4.69) is 112 Å². The van der Waals surface area contributed by atoms with Crippen LogP contribution in [-0.2, 0) is 30.8 Å². The Morgan fingerprint density at radius 2 is 1.06 bits per heavy atom. The van der Waals surface area contributed by atoms with Crippen LogP contribution in [0.4, 0.5) is 0 Å². The van der Waals surface area contributed by atoms with E-state index in [1.54, 1.807) is 33.4 Å². The van der Waals surface area contributed by atoms with Crippen molar-refractivity contribution in [2.45, 2.75) is 70.8 Å². The van der Waals surface area contributed by atoms with E-state index >= 15 is 0 Å². The molecule has 0 nitrogen and oxygen atoms in total. The van der Waals surface area contributed by atoms with Gasteiger partial charge in [0, 0.05) is 0 Å². The Bertz CT molecular complexity index is 1100. The molecule has 5 rings (SSSR count). The van der Waals surface area contributed by atoms with E-state index < -0.39 is 16.6 Å². The Balaban J connectivity index is 1.77. The van der Waals surface area contributed by atoms with E-state index in [0.717, 1.165) is 0 Å². The molecule has 1 atom stereocenters. The first kappa shape index (κ1) is 24.5. The molecule has 35 heavy (non-hydrogen) atoms. The van der Waals surface area contributed by atoms with Crippen molar-refractivity contribution in [3.8, 4) is 0 Å². The summed E-state index contributed by atoms with van der Waals surface area (Å²) in [6.07, 6.45) is 6.58. The number of hydrogen-bond acceptors (Lipinski definition) is 0. The molecular weight excluding hydrogens is 456 g/mol. The van der Waals surface area contributed by atoms with Crippen LogP contribution in [0.2, 0.25) is 3.72 Å². The van der Waals surface area contributed by atoms with E-state index in [0.29, 0.717) is 0 Å². The van der Waals surface area contributed by atoms with Crippen LogP contribution in [0.3, 0.4) is 0 Å². The third-order valence-corrected chi connectivity index (χ3v) is 18.7. The van der Waals surface area contributed by atoms with E-state index in [1.165, 1.54) is 46.3 Å². The maximum absolute atomic E-state index is 2.81. The molecule has 0 bridgehead atoms. The fourth-order valence-electron chi connectivity index (χ4n) is 7.73. The standard InChI is InChI=1S/C13H19.3C7H7.Ti/c1-4-11-9(2)10(3)12-7-5-6-8-13(11)12;3*1-7-5-3-2-4-6-7;/h4-8H2,1-3H3;3*2-6H,1H2;. The van der Waals surface area contributed by atoms with Gasteiger partial charge < -0.3 is 0 Å². The van der Waals surface area contributed by atoms with Crippen LogP contribution >= 0.6 is 0 Å². The molecular formula is C34H40Ti. The third-order valence-electron chi connectivity index (χ3n) is 9.23. The average Bonchev–Trinajstić information content (AvgIpc) is 3.13. The number of allylic oxidation sites excluding steroid dienone is 4. The number of rotatable bonds is 8. The van der Waals surface area contributed by atoms with Crippen molar-refractivity contribution in [3.05, 3.63) is 130 Å².